The van der Waals surface area contributed by atoms with Crippen LogP contribution in [0.15, 0.2) is 67.1 Å². The zero-order valence-corrected chi connectivity index (χ0v) is 12.5. The smallest absolute Gasteiger partial charge is 0.212 e. The number of nitrogens with zero attached hydrogens (tertiary/aromatic N) is 2. The van der Waals surface area contributed by atoms with Crippen molar-refractivity contribution in [1.29, 1.82) is 0 Å². The maximum absolute atomic E-state index is 12.7. The fourth-order valence-electron chi connectivity index (χ4n) is 2.10. The van der Waals surface area contributed by atoms with Gasteiger partial charge in [-0.25, -0.2) is 4.98 Å². The summed E-state index contributed by atoms with van der Waals surface area (Å²) in [5.74, 6) is -0.466. The van der Waals surface area contributed by atoms with E-state index in [2.05, 4.69) is 15.3 Å². The van der Waals surface area contributed by atoms with Gasteiger partial charge in [-0.3, -0.25) is 4.98 Å². The average Bonchev–Trinajstić information content (AvgIpc) is 2.61. The molecule has 114 valence electrons. The van der Waals surface area contributed by atoms with Crippen molar-refractivity contribution >= 4 is 17.8 Å². The molecule has 0 fully saturated rings. The minimum absolute atomic E-state index is 0.466. The second kappa shape index (κ2) is 7.31. The van der Waals surface area contributed by atoms with Gasteiger partial charge in [-0.1, -0.05) is 24.3 Å². The van der Waals surface area contributed by atoms with Crippen LogP contribution in [0.2, 0.25) is 0 Å². The summed E-state index contributed by atoms with van der Waals surface area (Å²) < 4.78 is 12.7. The van der Waals surface area contributed by atoms with Gasteiger partial charge in [0, 0.05) is 30.8 Å². The van der Waals surface area contributed by atoms with E-state index in [0.717, 1.165) is 23.4 Å². The van der Waals surface area contributed by atoms with E-state index >= 15 is 0 Å². The molecule has 0 aliphatic carbocycles. The minimum Gasteiger partial charge on any atom is -0.381 e. The normalized spacial score (nSPS) is 10.8. The second-order valence-corrected chi connectivity index (χ2v) is 5.08. The van der Waals surface area contributed by atoms with Crippen molar-refractivity contribution in [1.82, 2.24) is 9.97 Å². The van der Waals surface area contributed by atoms with Crippen LogP contribution in [0, 0.1) is 5.95 Å². The summed E-state index contributed by atoms with van der Waals surface area (Å²) in [5.41, 5.74) is 4.19. The van der Waals surface area contributed by atoms with Crippen molar-refractivity contribution in [2.24, 2.45) is 0 Å². The molecule has 1 aromatic carbocycles. The predicted molar refractivity (Wildman–Crippen MR) is 91.1 cm³/mol. The largest absolute Gasteiger partial charge is 0.381 e. The summed E-state index contributed by atoms with van der Waals surface area (Å²) >= 11 is 0. The van der Waals surface area contributed by atoms with Gasteiger partial charge in [0.2, 0.25) is 5.95 Å². The Hall–Kier alpha value is -3.01. The van der Waals surface area contributed by atoms with Crippen molar-refractivity contribution < 1.29 is 4.39 Å². The first-order chi connectivity index (χ1) is 11.3. The molecule has 0 unspecified atom stereocenters. The highest BCUT2D eigenvalue weighted by Gasteiger charge is 1.95. The molecule has 0 saturated heterocycles. The first-order valence-electron chi connectivity index (χ1n) is 7.32. The first kappa shape index (κ1) is 14.9. The van der Waals surface area contributed by atoms with Gasteiger partial charge >= 0.3 is 0 Å². The molecule has 0 aliphatic rings. The molecule has 23 heavy (non-hydrogen) atoms. The lowest BCUT2D eigenvalue weighted by Crippen LogP contribution is -1.98. The molecule has 3 nitrogen and oxygen atoms in total. The summed E-state index contributed by atoms with van der Waals surface area (Å²) in [7, 11) is 0. The topological polar surface area (TPSA) is 37.8 Å². The minimum atomic E-state index is -0.466. The van der Waals surface area contributed by atoms with Gasteiger partial charge in [0.05, 0.1) is 0 Å². The molecule has 0 radical (unpaired) electrons. The number of pyridine rings is 2. The Morgan fingerprint density at radius 1 is 0.870 bits per heavy atom. The third kappa shape index (κ3) is 4.48. The molecule has 0 aliphatic heterocycles. The summed E-state index contributed by atoms with van der Waals surface area (Å²) in [6.45, 7) is 0.763. The molecule has 0 bridgehead atoms. The van der Waals surface area contributed by atoms with Crippen LogP contribution in [0.4, 0.5) is 10.1 Å². The molecule has 4 heteroatoms. The maximum Gasteiger partial charge on any atom is 0.212 e. The number of nitrogens with one attached hydrogen (secondary N) is 1. The second-order valence-electron chi connectivity index (χ2n) is 5.08. The summed E-state index contributed by atoms with van der Waals surface area (Å²) in [4.78, 5) is 7.63. The molecule has 1 N–H and O–H groups in total. The number of hydrogen-bond acceptors (Lipinski definition) is 3. The summed E-state index contributed by atoms with van der Waals surface area (Å²) in [6, 6.07) is 15.1. The van der Waals surface area contributed by atoms with Crippen LogP contribution >= 0.6 is 0 Å². The van der Waals surface area contributed by atoms with E-state index in [9.17, 15) is 4.39 Å². The number of rotatable bonds is 5. The van der Waals surface area contributed by atoms with Crippen LogP contribution in [0.25, 0.3) is 12.2 Å². The van der Waals surface area contributed by atoms with E-state index in [-0.39, 0.29) is 0 Å². The van der Waals surface area contributed by atoms with Crippen LogP contribution in [0.3, 0.4) is 0 Å². The number of anilines is 1. The lowest BCUT2D eigenvalue weighted by Gasteiger charge is -2.06. The number of halogens is 1. The van der Waals surface area contributed by atoms with Crippen molar-refractivity contribution in [3.8, 4) is 0 Å². The van der Waals surface area contributed by atoms with Crippen LogP contribution in [0.5, 0.6) is 0 Å². The molecule has 0 spiro atoms. The Morgan fingerprint density at radius 3 is 2.26 bits per heavy atom. The van der Waals surface area contributed by atoms with Crippen molar-refractivity contribution in [2.75, 3.05) is 5.32 Å². The van der Waals surface area contributed by atoms with E-state index in [1.54, 1.807) is 18.5 Å². The molecule has 2 aromatic heterocycles. The number of benzene rings is 1. The standard InChI is InChI=1S/C19H16FN3/c20-19-8-5-16(14-23-19)2-1-15-3-6-18(7-4-15)22-13-17-9-11-21-12-10-17/h1-12,14,22H,13H2/b2-1+. The molecule has 3 aromatic rings. The van der Waals surface area contributed by atoms with Gasteiger partial charge in [0.1, 0.15) is 0 Å². The molecule has 0 atom stereocenters. The lowest BCUT2D eigenvalue weighted by molar-refractivity contribution is 0.583. The number of hydrogen-bond donors (Lipinski definition) is 1. The molecule has 2 heterocycles. The highest BCUT2D eigenvalue weighted by molar-refractivity contribution is 5.70. The molecular formula is C19H16FN3. The van der Waals surface area contributed by atoms with Crippen molar-refractivity contribution in [3.05, 3.63) is 89.8 Å². The summed E-state index contributed by atoms with van der Waals surface area (Å²) in [6.07, 6.45) is 8.97. The SMILES string of the molecule is Fc1ccc(/C=C/c2ccc(NCc3ccncc3)cc2)cn1. The fourth-order valence-corrected chi connectivity index (χ4v) is 2.10. The van der Waals surface area contributed by atoms with Gasteiger partial charge in [-0.05, 0) is 53.1 Å². The summed E-state index contributed by atoms with van der Waals surface area (Å²) in [5, 5.41) is 3.36. The van der Waals surface area contributed by atoms with Crippen molar-refractivity contribution in [2.45, 2.75) is 6.54 Å². The zero-order valence-electron chi connectivity index (χ0n) is 12.5. The van der Waals surface area contributed by atoms with E-state index in [1.807, 2.05) is 48.6 Å². The van der Waals surface area contributed by atoms with E-state index in [1.165, 1.54) is 17.8 Å². The van der Waals surface area contributed by atoms with Gasteiger partial charge in [0.25, 0.3) is 0 Å². The van der Waals surface area contributed by atoms with Crippen LogP contribution in [0.1, 0.15) is 16.7 Å². The average molecular weight is 305 g/mol. The third-order valence-corrected chi connectivity index (χ3v) is 3.38. The highest BCUT2D eigenvalue weighted by atomic mass is 19.1. The Bertz CT molecular complexity index is 766. The lowest BCUT2D eigenvalue weighted by atomic mass is 10.1. The van der Waals surface area contributed by atoms with Crippen molar-refractivity contribution in [3.63, 3.8) is 0 Å². The van der Waals surface area contributed by atoms with Gasteiger partial charge in [-0.15, -0.1) is 0 Å². The van der Waals surface area contributed by atoms with Crippen LogP contribution in [-0.4, -0.2) is 9.97 Å². The van der Waals surface area contributed by atoms with E-state index in [4.69, 9.17) is 0 Å². The van der Waals surface area contributed by atoms with Gasteiger partial charge in [-0.2, -0.15) is 4.39 Å². The Labute approximate surface area is 134 Å². The third-order valence-electron chi connectivity index (χ3n) is 3.38. The molecular weight excluding hydrogens is 289 g/mol. The monoisotopic (exact) mass is 305 g/mol. The molecule has 0 amide bonds. The van der Waals surface area contributed by atoms with Gasteiger partial charge < -0.3 is 5.32 Å². The van der Waals surface area contributed by atoms with Crippen LogP contribution < -0.4 is 5.32 Å². The van der Waals surface area contributed by atoms with Gasteiger partial charge in [0.15, 0.2) is 0 Å². The van der Waals surface area contributed by atoms with E-state index < -0.39 is 5.95 Å². The Morgan fingerprint density at radius 2 is 1.57 bits per heavy atom. The highest BCUT2D eigenvalue weighted by Crippen LogP contribution is 2.13. The molecule has 3 rings (SSSR count). The Balaban J connectivity index is 1.59. The van der Waals surface area contributed by atoms with E-state index in [0.29, 0.717) is 0 Å². The Kier molecular flexibility index (Phi) is 4.74. The van der Waals surface area contributed by atoms with Crippen LogP contribution in [-0.2, 0) is 6.54 Å². The molecule has 0 saturated carbocycles. The zero-order chi connectivity index (χ0) is 15.9. The quantitative estimate of drug-likeness (QED) is 0.710. The first-order valence-corrected chi connectivity index (χ1v) is 7.32. The fraction of sp³-hybridized carbons (Fsp3) is 0.0526. The predicted octanol–water partition coefficient (Wildman–Crippen LogP) is 4.40. The maximum atomic E-state index is 12.7. The number of aromatic nitrogens is 2.